The van der Waals surface area contributed by atoms with Crippen molar-refractivity contribution in [2.24, 2.45) is 5.92 Å². The lowest BCUT2D eigenvalue weighted by atomic mass is 10.1. The van der Waals surface area contributed by atoms with Gasteiger partial charge >= 0.3 is 6.03 Å². The zero-order valence-corrected chi connectivity index (χ0v) is 15.7. The molecule has 140 valence electrons. The van der Waals surface area contributed by atoms with Gasteiger partial charge in [0.25, 0.3) is 0 Å². The molecule has 0 radical (unpaired) electrons. The quantitative estimate of drug-likeness (QED) is 0.792. The Balaban J connectivity index is 1.80. The summed E-state index contributed by atoms with van der Waals surface area (Å²) in [4.78, 5) is 12.0. The topological polar surface area (TPSA) is 110 Å². The molecule has 0 spiro atoms. The van der Waals surface area contributed by atoms with Gasteiger partial charge in [0.1, 0.15) is 0 Å². The molecule has 1 saturated heterocycles. The first-order valence-electron chi connectivity index (χ1n) is 8.52. The molecule has 2 rings (SSSR count). The second-order valence-corrected chi connectivity index (χ2v) is 9.26. The minimum absolute atomic E-state index is 0.0319. The molecule has 25 heavy (non-hydrogen) atoms. The van der Waals surface area contributed by atoms with Crippen LogP contribution < -0.4 is 15.4 Å². The van der Waals surface area contributed by atoms with Crippen molar-refractivity contribution in [1.82, 2.24) is 15.5 Å². The van der Waals surface area contributed by atoms with E-state index >= 15 is 0 Å². The van der Waals surface area contributed by atoms with E-state index in [2.05, 4.69) is 34.7 Å². The molecule has 0 bridgehead atoms. The van der Waals surface area contributed by atoms with Crippen molar-refractivity contribution < 1.29 is 17.9 Å². The van der Waals surface area contributed by atoms with Gasteiger partial charge < -0.3 is 10.1 Å². The summed E-state index contributed by atoms with van der Waals surface area (Å²) in [6, 6.07) is 2.36. The van der Waals surface area contributed by atoms with E-state index < -0.39 is 15.9 Å². The Hall–Kier alpha value is -1.90. The number of sulfone groups is 1. The van der Waals surface area contributed by atoms with E-state index in [9.17, 15) is 13.2 Å². The molecule has 1 aromatic rings. The lowest BCUT2D eigenvalue weighted by molar-refractivity contribution is 0.248. The number of carbonyl (C=O) groups excluding carboxylic acids is 1. The molecule has 2 N–H and O–H groups in total. The number of amides is 2. The van der Waals surface area contributed by atoms with Gasteiger partial charge in [-0.15, -0.1) is 10.2 Å². The highest BCUT2D eigenvalue weighted by Crippen LogP contribution is 2.19. The molecule has 2 atom stereocenters. The number of hydrogen-bond donors (Lipinski definition) is 2. The molecule has 1 aliphatic heterocycles. The minimum Gasteiger partial charge on any atom is -0.477 e. The van der Waals surface area contributed by atoms with Gasteiger partial charge in [-0.3, -0.25) is 5.32 Å². The summed E-state index contributed by atoms with van der Waals surface area (Å²) in [6.07, 6.45) is 2.12. The minimum atomic E-state index is -3.14. The van der Waals surface area contributed by atoms with Gasteiger partial charge in [-0.05, 0) is 38.2 Å². The Morgan fingerprint density at radius 1 is 1.32 bits per heavy atom. The predicted octanol–water partition coefficient (Wildman–Crippen LogP) is 1.99. The molecule has 0 saturated carbocycles. The molecule has 1 fully saturated rings. The molecule has 8 nitrogen and oxygen atoms in total. The summed E-state index contributed by atoms with van der Waals surface area (Å²) >= 11 is 0. The third-order valence-corrected chi connectivity index (χ3v) is 6.46. The Morgan fingerprint density at radius 3 is 2.68 bits per heavy atom. The molecule has 2 unspecified atom stereocenters. The van der Waals surface area contributed by atoms with Crippen LogP contribution in [0, 0.1) is 5.92 Å². The van der Waals surface area contributed by atoms with E-state index in [1.54, 1.807) is 19.1 Å². The molecule has 2 amide bonds. The van der Waals surface area contributed by atoms with E-state index in [0.717, 1.165) is 6.42 Å². The number of rotatable bonds is 6. The summed E-state index contributed by atoms with van der Waals surface area (Å²) in [6.45, 7) is 6.48. The van der Waals surface area contributed by atoms with Gasteiger partial charge in [0.05, 0.1) is 17.6 Å². The van der Waals surface area contributed by atoms with Crippen molar-refractivity contribution in [1.29, 1.82) is 0 Å². The number of nitrogens with zero attached hydrogens (tertiary/aromatic N) is 2. The number of carbonyl (C=O) groups is 1. The summed E-state index contributed by atoms with van der Waals surface area (Å²) in [7, 11) is -3.14. The number of nitrogens with one attached hydrogen (secondary N) is 2. The number of ether oxygens (including phenoxy) is 1. The van der Waals surface area contributed by atoms with Crippen molar-refractivity contribution in [3.8, 4) is 5.88 Å². The molecule has 2 heterocycles. The van der Waals surface area contributed by atoms with Gasteiger partial charge in [-0.25, -0.2) is 13.2 Å². The van der Waals surface area contributed by atoms with Crippen molar-refractivity contribution in [3.05, 3.63) is 12.1 Å². The van der Waals surface area contributed by atoms with Crippen LogP contribution in [0.3, 0.4) is 0 Å². The van der Waals surface area contributed by atoms with Gasteiger partial charge in [-0.1, -0.05) is 13.8 Å². The Kier molecular flexibility index (Phi) is 6.57. The lowest BCUT2D eigenvalue weighted by Gasteiger charge is -2.27. The fourth-order valence-corrected chi connectivity index (χ4v) is 4.09. The maximum absolute atomic E-state index is 12.0. The number of aromatic nitrogens is 2. The van der Waals surface area contributed by atoms with Crippen LogP contribution in [-0.2, 0) is 9.84 Å². The molecular formula is C16H26N4O4S. The Morgan fingerprint density at radius 2 is 2.08 bits per heavy atom. The van der Waals surface area contributed by atoms with Gasteiger partial charge in [0, 0.05) is 12.1 Å². The zero-order chi connectivity index (χ0) is 18.4. The van der Waals surface area contributed by atoms with E-state index in [1.165, 1.54) is 0 Å². The summed E-state index contributed by atoms with van der Waals surface area (Å²) in [5.74, 6) is 1.19. The van der Waals surface area contributed by atoms with Crippen LogP contribution in [0.1, 0.15) is 40.0 Å². The fourth-order valence-electron chi connectivity index (χ4n) is 2.46. The van der Waals surface area contributed by atoms with Gasteiger partial charge in [-0.2, -0.15) is 0 Å². The van der Waals surface area contributed by atoms with Crippen molar-refractivity contribution in [3.63, 3.8) is 0 Å². The third-order valence-electron chi connectivity index (χ3n) is 4.13. The van der Waals surface area contributed by atoms with Crippen molar-refractivity contribution in [2.75, 3.05) is 17.7 Å². The first-order chi connectivity index (χ1) is 11.8. The highest BCUT2D eigenvalue weighted by Gasteiger charge is 2.31. The molecular weight excluding hydrogens is 344 g/mol. The van der Waals surface area contributed by atoms with Crippen molar-refractivity contribution >= 4 is 21.7 Å². The first-order valence-corrected chi connectivity index (χ1v) is 10.2. The van der Waals surface area contributed by atoms with E-state index in [0.29, 0.717) is 31.2 Å². The Bertz CT molecular complexity index is 676. The molecule has 0 aliphatic carbocycles. The SMILES string of the molecule is CC(C)CCOc1ccc(NC(=O)NC2CCC(C)S(=O)(=O)C2)nn1. The number of anilines is 1. The van der Waals surface area contributed by atoms with Crippen molar-refractivity contribution in [2.45, 2.75) is 51.3 Å². The van der Waals surface area contributed by atoms with E-state index in [1.807, 2.05) is 0 Å². The molecule has 1 aliphatic rings. The van der Waals surface area contributed by atoms with Gasteiger partial charge in [0.2, 0.25) is 5.88 Å². The van der Waals surface area contributed by atoms with Crippen LogP contribution in [-0.4, -0.2) is 48.3 Å². The molecule has 1 aromatic heterocycles. The van der Waals surface area contributed by atoms with Crippen LogP contribution in [0.4, 0.5) is 10.6 Å². The second kappa shape index (κ2) is 8.46. The zero-order valence-electron chi connectivity index (χ0n) is 14.9. The van der Waals surface area contributed by atoms with Crippen LogP contribution in [0.15, 0.2) is 12.1 Å². The highest BCUT2D eigenvalue weighted by molar-refractivity contribution is 7.92. The van der Waals surface area contributed by atoms with E-state index in [-0.39, 0.29) is 22.9 Å². The molecule has 0 aromatic carbocycles. The summed E-state index contributed by atoms with van der Waals surface area (Å²) in [5, 5.41) is 12.7. The largest absolute Gasteiger partial charge is 0.477 e. The third kappa shape index (κ3) is 6.15. The first kappa shape index (κ1) is 19.4. The predicted molar refractivity (Wildman–Crippen MR) is 95.4 cm³/mol. The van der Waals surface area contributed by atoms with Gasteiger partial charge in [0.15, 0.2) is 15.7 Å². The van der Waals surface area contributed by atoms with E-state index in [4.69, 9.17) is 4.74 Å². The smallest absolute Gasteiger partial charge is 0.320 e. The van der Waals surface area contributed by atoms with Crippen LogP contribution >= 0.6 is 0 Å². The van der Waals surface area contributed by atoms with Crippen LogP contribution in [0.2, 0.25) is 0 Å². The number of urea groups is 1. The van der Waals surface area contributed by atoms with Crippen LogP contribution in [0.5, 0.6) is 5.88 Å². The highest BCUT2D eigenvalue weighted by atomic mass is 32.2. The van der Waals surface area contributed by atoms with Crippen LogP contribution in [0.25, 0.3) is 0 Å². The second-order valence-electron chi connectivity index (χ2n) is 6.80. The fraction of sp³-hybridized carbons (Fsp3) is 0.688. The molecule has 9 heteroatoms. The average molecular weight is 370 g/mol. The summed E-state index contributed by atoms with van der Waals surface area (Å²) in [5.41, 5.74) is 0. The maximum Gasteiger partial charge on any atom is 0.320 e. The average Bonchev–Trinajstić information content (AvgIpc) is 2.52. The standard InChI is InChI=1S/C16H26N4O4S/c1-11(2)8-9-24-15-7-6-14(19-20-15)18-16(21)17-13-5-4-12(3)25(22,23)10-13/h6-7,11-13H,4-5,8-10H2,1-3H3,(H2,17,18,19,21). The normalized spacial score (nSPS) is 22.4. The lowest BCUT2D eigenvalue weighted by Crippen LogP contribution is -2.47. The monoisotopic (exact) mass is 370 g/mol. The maximum atomic E-state index is 12.0. The summed E-state index contributed by atoms with van der Waals surface area (Å²) < 4.78 is 29.2. The Labute approximate surface area is 148 Å². The number of hydrogen-bond acceptors (Lipinski definition) is 6.